The lowest BCUT2D eigenvalue weighted by Gasteiger charge is -2.20. The van der Waals surface area contributed by atoms with E-state index >= 15 is 0 Å². The van der Waals surface area contributed by atoms with E-state index in [0.29, 0.717) is 0 Å². The third-order valence-corrected chi connectivity index (χ3v) is 2.32. The van der Waals surface area contributed by atoms with Crippen LogP contribution in [-0.2, 0) is 15.7 Å². The van der Waals surface area contributed by atoms with E-state index in [1.165, 1.54) is 6.92 Å². The maximum absolute atomic E-state index is 12.7. The Morgan fingerprint density at radius 1 is 1.58 bits per heavy atom. The molecule has 3 N–H and O–H groups in total. The van der Waals surface area contributed by atoms with E-state index in [9.17, 15) is 23.1 Å². The second-order valence-corrected chi connectivity index (χ2v) is 3.66. The number of aliphatic hydroxyl groups is 1. The summed E-state index contributed by atoms with van der Waals surface area (Å²) in [5, 5.41) is 9.74. The van der Waals surface area contributed by atoms with Gasteiger partial charge in [0.25, 0.3) is 0 Å². The van der Waals surface area contributed by atoms with Crippen molar-refractivity contribution >= 4 is 5.97 Å². The van der Waals surface area contributed by atoms with Crippen molar-refractivity contribution in [1.82, 2.24) is 4.98 Å². The van der Waals surface area contributed by atoms with Crippen molar-refractivity contribution in [2.75, 3.05) is 6.61 Å². The number of hydrogen-bond donors (Lipinski definition) is 2. The van der Waals surface area contributed by atoms with Gasteiger partial charge < -0.3 is 15.6 Å². The normalized spacial score (nSPS) is 14.8. The monoisotopic (exact) mass is 278 g/mol. The lowest BCUT2D eigenvalue weighted by Crippen LogP contribution is -2.39. The molecule has 0 bridgehead atoms. The Bertz CT molecular complexity index is 451. The summed E-state index contributed by atoms with van der Waals surface area (Å²) in [4.78, 5) is 14.8. The lowest BCUT2D eigenvalue weighted by atomic mass is 10.0. The molecule has 0 spiro atoms. The van der Waals surface area contributed by atoms with Gasteiger partial charge in [-0.1, -0.05) is 0 Å². The van der Waals surface area contributed by atoms with Crippen molar-refractivity contribution < 1.29 is 27.8 Å². The Labute approximate surface area is 107 Å². The zero-order chi connectivity index (χ0) is 14.6. The summed E-state index contributed by atoms with van der Waals surface area (Å²) in [5.41, 5.74) is 3.52. The fraction of sp³-hybridized carbons (Fsp3) is 0.455. The van der Waals surface area contributed by atoms with Crippen LogP contribution in [0.5, 0.6) is 0 Å². The third kappa shape index (κ3) is 3.65. The molecule has 0 aromatic carbocycles. The van der Waals surface area contributed by atoms with E-state index in [4.69, 9.17) is 5.73 Å². The van der Waals surface area contributed by atoms with Crippen LogP contribution in [0.4, 0.5) is 13.2 Å². The molecule has 8 heteroatoms. The Hall–Kier alpha value is -1.67. The quantitative estimate of drug-likeness (QED) is 0.803. The van der Waals surface area contributed by atoms with Gasteiger partial charge in [-0.15, -0.1) is 0 Å². The summed E-state index contributed by atoms with van der Waals surface area (Å²) in [6.45, 7) is 1.52. The molecule has 0 aliphatic heterocycles. The van der Waals surface area contributed by atoms with Crippen LogP contribution in [-0.4, -0.2) is 28.7 Å². The van der Waals surface area contributed by atoms with Gasteiger partial charge in [-0.25, -0.2) is 0 Å². The van der Waals surface area contributed by atoms with Gasteiger partial charge >= 0.3 is 12.1 Å². The number of ether oxygens (including phenoxy) is 1. The highest BCUT2D eigenvalue weighted by Crippen LogP contribution is 2.34. The SMILES string of the molecule is CCOC(=O)[C@@H](N)[C@@H](O)c1ncccc1C(F)(F)F. The first-order valence-electron chi connectivity index (χ1n) is 5.41. The van der Waals surface area contributed by atoms with Crippen LogP contribution in [0.15, 0.2) is 18.3 Å². The fourth-order valence-electron chi connectivity index (χ4n) is 1.43. The fourth-order valence-corrected chi connectivity index (χ4v) is 1.43. The molecule has 1 aromatic heterocycles. The molecular weight excluding hydrogens is 265 g/mol. The summed E-state index contributed by atoms with van der Waals surface area (Å²) in [6.07, 6.45) is -5.51. The number of rotatable bonds is 4. The van der Waals surface area contributed by atoms with Gasteiger partial charge in [0.15, 0.2) is 0 Å². The molecule has 0 radical (unpaired) electrons. The predicted molar refractivity (Wildman–Crippen MR) is 58.8 cm³/mol. The second kappa shape index (κ2) is 5.98. The molecule has 19 heavy (non-hydrogen) atoms. The summed E-state index contributed by atoms with van der Waals surface area (Å²) in [6, 6.07) is 0.203. The van der Waals surface area contributed by atoms with E-state index in [1.807, 2.05) is 0 Å². The molecule has 5 nitrogen and oxygen atoms in total. The number of carbonyl (C=O) groups excluding carboxylic acids is 1. The average Bonchev–Trinajstić information content (AvgIpc) is 2.36. The van der Waals surface area contributed by atoms with Crippen LogP contribution in [0.25, 0.3) is 0 Å². The maximum atomic E-state index is 12.7. The maximum Gasteiger partial charge on any atom is 0.418 e. The first-order chi connectivity index (χ1) is 8.79. The number of alkyl halides is 3. The molecule has 1 rings (SSSR count). The summed E-state index contributed by atoms with van der Waals surface area (Å²) < 4.78 is 42.7. The van der Waals surface area contributed by atoms with Crippen LogP contribution >= 0.6 is 0 Å². The Kier molecular flexibility index (Phi) is 4.84. The molecule has 0 amide bonds. The highest BCUT2D eigenvalue weighted by Gasteiger charge is 2.38. The number of nitrogens with two attached hydrogens (primary N) is 1. The highest BCUT2D eigenvalue weighted by atomic mass is 19.4. The van der Waals surface area contributed by atoms with E-state index < -0.39 is 35.5 Å². The van der Waals surface area contributed by atoms with Gasteiger partial charge in [-0.2, -0.15) is 13.2 Å². The van der Waals surface area contributed by atoms with Crippen LogP contribution in [0.1, 0.15) is 24.3 Å². The first-order valence-corrected chi connectivity index (χ1v) is 5.41. The number of nitrogens with zero attached hydrogens (tertiary/aromatic N) is 1. The van der Waals surface area contributed by atoms with Crippen molar-refractivity contribution in [3.8, 4) is 0 Å². The number of aromatic nitrogens is 1. The zero-order valence-corrected chi connectivity index (χ0v) is 10.0. The number of pyridine rings is 1. The van der Waals surface area contributed by atoms with Gasteiger partial charge in [-0.05, 0) is 19.1 Å². The van der Waals surface area contributed by atoms with Crippen molar-refractivity contribution in [2.24, 2.45) is 5.73 Å². The Balaban J connectivity index is 3.06. The standard InChI is InChI=1S/C11H13F3N2O3/c1-2-19-10(18)7(15)9(17)8-6(11(12,13)14)4-3-5-16-8/h3-5,7,9,17H,2,15H2,1H3/t7-,9+/m0/s1. The second-order valence-electron chi connectivity index (χ2n) is 3.66. The molecule has 0 saturated heterocycles. The predicted octanol–water partition coefficient (Wildman–Crippen LogP) is 1.02. The van der Waals surface area contributed by atoms with Gasteiger partial charge in [0.05, 0.1) is 17.9 Å². The molecule has 106 valence electrons. The number of aliphatic hydroxyl groups excluding tert-OH is 1. The van der Waals surface area contributed by atoms with Crippen LogP contribution in [0.2, 0.25) is 0 Å². The number of hydrogen-bond acceptors (Lipinski definition) is 5. The van der Waals surface area contributed by atoms with Crippen LogP contribution in [0.3, 0.4) is 0 Å². The van der Waals surface area contributed by atoms with Crippen molar-refractivity contribution in [1.29, 1.82) is 0 Å². The van der Waals surface area contributed by atoms with E-state index in [0.717, 1.165) is 18.3 Å². The topological polar surface area (TPSA) is 85.4 Å². The molecule has 1 aromatic rings. The minimum Gasteiger partial charge on any atom is -0.465 e. The number of esters is 1. The van der Waals surface area contributed by atoms with Crippen molar-refractivity contribution in [3.63, 3.8) is 0 Å². The molecule has 0 unspecified atom stereocenters. The zero-order valence-electron chi connectivity index (χ0n) is 10.0. The van der Waals surface area contributed by atoms with Crippen LogP contribution < -0.4 is 5.73 Å². The average molecular weight is 278 g/mol. The van der Waals surface area contributed by atoms with E-state index in [2.05, 4.69) is 9.72 Å². The smallest absolute Gasteiger partial charge is 0.418 e. The van der Waals surface area contributed by atoms with Gasteiger partial charge in [0.1, 0.15) is 12.1 Å². The summed E-state index contributed by atoms with van der Waals surface area (Å²) >= 11 is 0. The summed E-state index contributed by atoms with van der Waals surface area (Å²) in [7, 11) is 0. The number of halogens is 3. The van der Waals surface area contributed by atoms with Crippen molar-refractivity contribution in [2.45, 2.75) is 25.2 Å². The minimum absolute atomic E-state index is 0.00754. The molecule has 2 atom stereocenters. The minimum atomic E-state index is -4.70. The molecule has 0 aliphatic carbocycles. The molecule has 1 heterocycles. The molecule has 0 saturated carbocycles. The van der Waals surface area contributed by atoms with Gasteiger partial charge in [-0.3, -0.25) is 9.78 Å². The van der Waals surface area contributed by atoms with Crippen molar-refractivity contribution in [3.05, 3.63) is 29.6 Å². The molecular formula is C11H13F3N2O3. The number of carbonyl (C=O) groups is 1. The first kappa shape index (κ1) is 15.4. The molecule has 0 aliphatic rings. The highest BCUT2D eigenvalue weighted by molar-refractivity contribution is 5.76. The van der Waals surface area contributed by atoms with Crippen LogP contribution in [0, 0.1) is 0 Å². The lowest BCUT2D eigenvalue weighted by molar-refractivity contribution is -0.149. The van der Waals surface area contributed by atoms with E-state index in [-0.39, 0.29) is 6.61 Å². The van der Waals surface area contributed by atoms with E-state index in [1.54, 1.807) is 0 Å². The largest absolute Gasteiger partial charge is 0.465 e. The Morgan fingerprint density at radius 2 is 2.21 bits per heavy atom. The Morgan fingerprint density at radius 3 is 2.74 bits per heavy atom. The molecule has 0 fully saturated rings. The van der Waals surface area contributed by atoms with Gasteiger partial charge in [0.2, 0.25) is 0 Å². The summed E-state index contributed by atoms with van der Waals surface area (Å²) in [5.74, 6) is -0.992. The third-order valence-electron chi connectivity index (χ3n) is 2.32. The van der Waals surface area contributed by atoms with Gasteiger partial charge in [0, 0.05) is 6.20 Å².